The Kier molecular flexibility index (Phi) is 6.17. The van der Waals surface area contributed by atoms with Crippen LogP contribution >= 0.6 is 15.9 Å². The predicted molar refractivity (Wildman–Crippen MR) is 120 cm³/mol. The molecule has 2 heterocycles. The number of hydrogen-bond acceptors (Lipinski definition) is 5. The molecule has 34 heavy (non-hydrogen) atoms. The molecule has 1 unspecified atom stereocenters. The number of aromatic amines is 1. The molecule has 2 aromatic heterocycles. The van der Waals surface area contributed by atoms with Crippen molar-refractivity contribution < 1.29 is 22.7 Å². The molecule has 0 fully saturated rings. The van der Waals surface area contributed by atoms with Crippen molar-refractivity contribution in [3.8, 4) is 5.69 Å². The molecule has 12 heteroatoms. The number of hydrogen-bond donors (Lipinski definition) is 1. The highest BCUT2D eigenvalue weighted by Gasteiger charge is 2.33. The maximum Gasteiger partial charge on any atom is 0.431 e. The molecule has 0 amide bonds. The number of H-pyrrole nitrogens is 1. The van der Waals surface area contributed by atoms with Crippen molar-refractivity contribution in [3.63, 3.8) is 0 Å². The predicted octanol–water partition coefficient (Wildman–Crippen LogP) is 3.96. The zero-order chi connectivity index (χ0) is 24.6. The molecule has 1 N–H and O–H groups in total. The molecular weight excluding hydrogens is 521 g/mol. The van der Waals surface area contributed by atoms with Gasteiger partial charge in [-0.3, -0.25) is 4.79 Å². The number of rotatable bonds is 5. The molecule has 0 aliphatic carbocycles. The number of nitrogens with zero attached hydrogens (tertiary/aromatic N) is 3. The maximum absolute atomic E-state index is 12.9. The van der Waals surface area contributed by atoms with E-state index in [1.54, 1.807) is 11.9 Å². The molecule has 0 aliphatic rings. The van der Waals surface area contributed by atoms with Gasteiger partial charge in [0.2, 0.25) is 0 Å². The van der Waals surface area contributed by atoms with Gasteiger partial charge in [0, 0.05) is 11.5 Å². The van der Waals surface area contributed by atoms with Crippen LogP contribution in [0.4, 0.5) is 13.2 Å². The summed E-state index contributed by atoms with van der Waals surface area (Å²) in [5, 5.41) is 4.86. The summed E-state index contributed by atoms with van der Waals surface area (Å²) in [6, 6.07) is 12.8. The van der Waals surface area contributed by atoms with Crippen LogP contribution in [0.3, 0.4) is 0 Å². The minimum absolute atomic E-state index is 0.00553. The summed E-state index contributed by atoms with van der Waals surface area (Å²) in [7, 11) is 0. The van der Waals surface area contributed by atoms with Gasteiger partial charge in [0.1, 0.15) is 22.9 Å². The number of ether oxygens (including phenoxy) is 1. The van der Waals surface area contributed by atoms with Crippen LogP contribution in [-0.4, -0.2) is 25.3 Å². The van der Waals surface area contributed by atoms with E-state index in [4.69, 9.17) is 4.74 Å². The fraction of sp³-hybridized carbons (Fsp3) is 0.182. The number of carbonyl (C=O) groups is 1. The normalized spacial score (nSPS) is 12.6. The van der Waals surface area contributed by atoms with Crippen molar-refractivity contribution in [3.05, 3.63) is 91.3 Å². The molecule has 0 bridgehead atoms. The Morgan fingerprint density at radius 2 is 1.85 bits per heavy atom. The highest BCUT2D eigenvalue weighted by Crippen LogP contribution is 2.29. The van der Waals surface area contributed by atoms with E-state index in [-0.39, 0.29) is 12.3 Å². The summed E-state index contributed by atoms with van der Waals surface area (Å²) in [5.74, 6) is -0.573. The van der Waals surface area contributed by atoms with Gasteiger partial charge in [-0.15, -0.1) is 0 Å². The first kappa shape index (κ1) is 23.5. The van der Waals surface area contributed by atoms with E-state index in [9.17, 15) is 27.6 Å². The highest BCUT2D eigenvalue weighted by molar-refractivity contribution is 9.10. The summed E-state index contributed by atoms with van der Waals surface area (Å²) in [6.45, 7) is 1.63. The van der Waals surface area contributed by atoms with Gasteiger partial charge < -0.3 is 9.72 Å². The van der Waals surface area contributed by atoms with Gasteiger partial charge in [-0.05, 0) is 46.6 Å². The average Bonchev–Trinajstić information content (AvgIpc) is 3.12. The van der Waals surface area contributed by atoms with E-state index in [0.29, 0.717) is 26.1 Å². The first-order valence-electron chi connectivity index (χ1n) is 9.88. The van der Waals surface area contributed by atoms with E-state index in [2.05, 4.69) is 21.0 Å². The van der Waals surface area contributed by atoms with Gasteiger partial charge >= 0.3 is 17.8 Å². The van der Waals surface area contributed by atoms with E-state index in [1.165, 1.54) is 22.9 Å². The molecule has 176 valence electrons. The maximum atomic E-state index is 12.9. The van der Waals surface area contributed by atoms with Crippen LogP contribution in [0.15, 0.2) is 68.8 Å². The number of benzene rings is 2. The zero-order valence-corrected chi connectivity index (χ0v) is 19.1. The Labute approximate surface area is 197 Å². The largest absolute Gasteiger partial charge is 0.459 e. The second kappa shape index (κ2) is 8.93. The molecule has 0 radical (unpaired) electrons. The van der Waals surface area contributed by atoms with E-state index < -0.39 is 35.1 Å². The molecule has 2 aromatic carbocycles. The first-order valence-corrected chi connectivity index (χ1v) is 10.7. The van der Waals surface area contributed by atoms with Gasteiger partial charge in [-0.25, -0.2) is 18.8 Å². The van der Waals surface area contributed by atoms with Crippen molar-refractivity contribution in [2.24, 2.45) is 0 Å². The molecule has 0 spiro atoms. The van der Waals surface area contributed by atoms with Gasteiger partial charge in [0.05, 0.1) is 11.2 Å². The number of fused-ring (bicyclic) bond motifs is 1. The number of aromatic nitrogens is 4. The minimum Gasteiger partial charge on any atom is -0.459 e. The molecule has 4 aromatic rings. The third kappa shape index (κ3) is 4.53. The standard InChI is InChI=1S/C22H16BrF3N4O4/c1-12(20(32)34-11-13-5-3-2-4-6-13)30-16-9-14(7-8-15(16)19(23)28-30)29-18(31)10-17(22(24,25)26)27-21(29)33/h2-10,12H,11H2,1H3,(H,27,33). The van der Waals surface area contributed by atoms with Gasteiger partial charge in [0.15, 0.2) is 0 Å². The van der Waals surface area contributed by atoms with Crippen molar-refractivity contribution in [2.75, 3.05) is 0 Å². The van der Waals surface area contributed by atoms with Gasteiger partial charge in [-0.2, -0.15) is 18.3 Å². The number of esters is 1. The van der Waals surface area contributed by atoms with Crippen molar-refractivity contribution in [1.82, 2.24) is 19.3 Å². The Bertz CT molecular complexity index is 1460. The third-order valence-corrected chi connectivity index (χ3v) is 5.66. The minimum atomic E-state index is -4.87. The average molecular weight is 537 g/mol. The summed E-state index contributed by atoms with van der Waals surface area (Å²) in [4.78, 5) is 39.0. The zero-order valence-electron chi connectivity index (χ0n) is 17.5. The van der Waals surface area contributed by atoms with E-state index in [0.717, 1.165) is 5.56 Å². The van der Waals surface area contributed by atoms with Crippen LogP contribution in [0.2, 0.25) is 0 Å². The lowest BCUT2D eigenvalue weighted by Crippen LogP contribution is -2.35. The summed E-state index contributed by atoms with van der Waals surface area (Å²) < 4.78 is 46.4. The summed E-state index contributed by atoms with van der Waals surface area (Å²) >= 11 is 3.31. The Balaban J connectivity index is 1.71. The van der Waals surface area contributed by atoms with Crippen molar-refractivity contribution >= 4 is 32.8 Å². The van der Waals surface area contributed by atoms with Crippen LogP contribution in [0.25, 0.3) is 16.6 Å². The Morgan fingerprint density at radius 1 is 1.15 bits per heavy atom. The fourth-order valence-corrected chi connectivity index (χ4v) is 3.87. The van der Waals surface area contributed by atoms with Crippen LogP contribution in [0, 0.1) is 0 Å². The van der Waals surface area contributed by atoms with Crippen LogP contribution in [0.1, 0.15) is 24.2 Å². The highest BCUT2D eigenvalue weighted by atomic mass is 79.9. The van der Waals surface area contributed by atoms with E-state index in [1.807, 2.05) is 30.3 Å². The summed E-state index contributed by atoms with van der Waals surface area (Å²) in [5.41, 5.74) is -2.68. The summed E-state index contributed by atoms with van der Waals surface area (Å²) in [6.07, 6.45) is -4.87. The first-order chi connectivity index (χ1) is 16.1. The molecular formula is C22H16BrF3N4O4. The molecule has 0 saturated heterocycles. The number of carbonyl (C=O) groups excluding carboxylic acids is 1. The SMILES string of the molecule is CC(C(=O)OCc1ccccc1)n1nc(Br)c2ccc(-n3c(=O)cc(C(F)(F)F)[nH]c3=O)cc21. The van der Waals surface area contributed by atoms with Crippen LogP contribution < -0.4 is 11.2 Å². The topological polar surface area (TPSA) is 99.0 Å². The quantitative estimate of drug-likeness (QED) is 0.389. The number of nitrogens with one attached hydrogen (secondary N) is 1. The molecule has 1 atom stereocenters. The lowest BCUT2D eigenvalue weighted by Gasteiger charge is -2.14. The van der Waals surface area contributed by atoms with Crippen LogP contribution in [0.5, 0.6) is 0 Å². The molecule has 8 nitrogen and oxygen atoms in total. The smallest absolute Gasteiger partial charge is 0.431 e. The van der Waals surface area contributed by atoms with Crippen molar-refractivity contribution in [2.45, 2.75) is 25.7 Å². The van der Waals surface area contributed by atoms with E-state index >= 15 is 0 Å². The monoisotopic (exact) mass is 536 g/mol. The van der Waals surface area contributed by atoms with Gasteiger partial charge in [0.25, 0.3) is 5.56 Å². The lowest BCUT2D eigenvalue weighted by atomic mass is 10.2. The van der Waals surface area contributed by atoms with Crippen molar-refractivity contribution in [1.29, 1.82) is 0 Å². The number of halogens is 4. The van der Waals surface area contributed by atoms with Gasteiger partial charge in [-0.1, -0.05) is 30.3 Å². The lowest BCUT2D eigenvalue weighted by molar-refractivity contribution is -0.148. The molecule has 0 aliphatic heterocycles. The molecule has 0 saturated carbocycles. The second-order valence-electron chi connectivity index (χ2n) is 7.37. The Hall–Kier alpha value is -3.67. The fourth-order valence-electron chi connectivity index (χ4n) is 3.36. The van der Waals surface area contributed by atoms with Crippen LogP contribution in [-0.2, 0) is 22.3 Å². The molecule has 4 rings (SSSR count). The number of alkyl halides is 3. The second-order valence-corrected chi connectivity index (χ2v) is 8.12. The Morgan fingerprint density at radius 3 is 2.50 bits per heavy atom. The third-order valence-electron chi connectivity index (χ3n) is 5.07.